The molecule has 1 fully saturated rings. The van der Waals surface area contributed by atoms with Crippen LogP contribution < -0.4 is 10.0 Å². The van der Waals surface area contributed by atoms with Gasteiger partial charge in [-0.3, -0.25) is 0 Å². The highest BCUT2D eigenvalue weighted by atomic mass is 32.2. The van der Waals surface area contributed by atoms with Gasteiger partial charge in [-0.2, -0.15) is 0 Å². The number of thiophene rings is 1. The predicted octanol–water partition coefficient (Wildman–Crippen LogP) is 2.32. The van der Waals surface area contributed by atoms with Crippen LogP contribution in [0.2, 0.25) is 0 Å². The summed E-state index contributed by atoms with van der Waals surface area (Å²) in [7, 11) is -3.31. The first-order valence-electron chi connectivity index (χ1n) is 6.87. The highest BCUT2D eigenvalue weighted by molar-refractivity contribution is 7.91. The molecule has 1 heterocycles. The molecule has 108 valence electrons. The Morgan fingerprint density at radius 3 is 2.89 bits per heavy atom. The third-order valence-electron chi connectivity index (χ3n) is 3.36. The van der Waals surface area contributed by atoms with Crippen LogP contribution in [0.4, 0.5) is 0 Å². The van der Waals surface area contributed by atoms with Gasteiger partial charge in [0.2, 0.25) is 10.0 Å². The SMILES string of the molecule is CCCC1CC1NS(=O)(=O)c1cc(CNCC)cs1. The van der Waals surface area contributed by atoms with E-state index in [0.29, 0.717) is 10.1 Å². The average Bonchev–Trinajstić information content (AvgIpc) is 2.91. The fraction of sp³-hybridized carbons (Fsp3) is 0.692. The quantitative estimate of drug-likeness (QED) is 0.775. The van der Waals surface area contributed by atoms with Crippen LogP contribution in [0.3, 0.4) is 0 Å². The van der Waals surface area contributed by atoms with Gasteiger partial charge in [-0.25, -0.2) is 13.1 Å². The fourth-order valence-corrected chi connectivity index (χ4v) is 4.74. The molecule has 6 heteroatoms. The Hall–Kier alpha value is -0.430. The maximum absolute atomic E-state index is 12.2. The lowest BCUT2D eigenvalue weighted by Crippen LogP contribution is -2.26. The van der Waals surface area contributed by atoms with Gasteiger partial charge in [0.25, 0.3) is 0 Å². The van der Waals surface area contributed by atoms with Crippen molar-refractivity contribution in [1.82, 2.24) is 10.0 Å². The third-order valence-corrected chi connectivity index (χ3v) is 6.34. The molecule has 0 aromatic carbocycles. The monoisotopic (exact) mass is 302 g/mol. The second kappa shape index (κ2) is 6.35. The summed E-state index contributed by atoms with van der Waals surface area (Å²) in [5, 5.41) is 5.11. The Labute approximate surface area is 119 Å². The molecule has 1 aliphatic rings. The van der Waals surface area contributed by atoms with Crippen LogP contribution in [0.25, 0.3) is 0 Å². The summed E-state index contributed by atoms with van der Waals surface area (Å²) in [6.45, 7) is 5.78. The molecule has 0 bridgehead atoms. The Kier molecular flexibility index (Phi) is 5.00. The number of hydrogen-bond donors (Lipinski definition) is 2. The van der Waals surface area contributed by atoms with Crippen molar-refractivity contribution < 1.29 is 8.42 Å². The van der Waals surface area contributed by atoms with Gasteiger partial charge in [-0.1, -0.05) is 20.3 Å². The molecule has 2 unspecified atom stereocenters. The van der Waals surface area contributed by atoms with Gasteiger partial charge in [0.1, 0.15) is 4.21 Å². The first-order chi connectivity index (χ1) is 9.06. The topological polar surface area (TPSA) is 58.2 Å². The first-order valence-corrected chi connectivity index (χ1v) is 9.23. The maximum Gasteiger partial charge on any atom is 0.250 e. The van der Waals surface area contributed by atoms with Crippen LogP contribution in [0.5, 0.6) is 0 Å². The van der Waals surface area contributed by atoms with Crippen LogP contribution >= 0.6 is 11.3 Å². The molecule has 0 saturated heterocycles. The number of hydrogen-bond acceptors (Lipinski definition) is 4. The lowest BCUT2D eigenvalue weighted by atomic mass is 10.2. The molecule has 0 aliphatic heterocycles. The molecule has 0 amide bonds. The smallest absolute Gasteiger partial charge is 0.250 e. The Morgan fingerprint density at radius 2 is 2.21 bits per heavy atom. The zero-order chi connectivity index (χ0) is 13.9. The Bertz CT molecular complexity index is 510. The van der Waals surface area contributed by atoms with Gasteiger partial charge in [-0.05, 0) is 42.3 Å². The van der Waals surface area contributed by atoms with Crippen LogP contribution in [0, 0.1) is 5.92 Å². The van der Waals surface area contributed by atoms with E-state index in [-0.39, 0.29) is 6.04 Å². The van der Waals surface area contributed by atoms with E-state index < -0.39 is 10.0 Å². The molecule has 4 nitrogen and oxygen atoms in total. The van der Waals surface area contributed by atoms with Gasteiger partial charge >= 0.3 is 0 Å². The van der Waals surface area contributed by atoms with Crippen LogP contribution in [0.15, 0.2) is 15.7 Å². The van der Waals surface area contributed by atoms with Gasteiger partial charge in [-0.15, -0.1) is 11.3 Å². The second-order valence-electron chi connectivity index (χ2n) is 5.07. The minimum Gasteiger partial charge on any atom is -0.313 e. The van der Waals surface area contributed by atoms with Crippen molar-refractivity contribution in [1.29, 1.82) is 0 Å². The molecule has 2 atom stereocenters. The van der Waals surface area contributed by atoms with Crippen molar-refractivity contribution in [2.75, 3.05) is 6.54 Å². The third kappa shape index (κ3) is 4.02. The molecule has 0 radical (unpaired) electrons. The molecule has 0 spiro atoms. The Morgan fingerprint density at radius 1 is 1.42 bits per heavy atom. The number of rotatable bonds is 8. The summed E-state index contributed by atoms with van der Waals surface area (Å²) in [6, 6.07) is 1.93. The van der Waals surface area contributed by atoms with Crippen molar-refractivity contribution >= 4 is 21.4 Å². The predicted molar refractivity (Wildman–Crippen MR) is 78.8 cm³/mol. The van der Waals surface area contributed by atoms with Crippen molar-refractivity contribution in [2.24, 2.45) is 5.92 Å². The van der Waals surface area contributed by atoms with Crippen molar-refractivity contribution in [3.63, 3.8) is 0 Å². The van der Waals surface area contributed by atoms with Gasteiger partial charge in [0.05, 0.1) is 0 Å². The van der Waals surface area contributed by atoms with Crippen molar-refractivity contribution in [2.45, 2.75) is 49.9 Å². The first kappa shape index (κ1) is 15.0. The minimum absolute atomic E-state index is 0.157. The minimum atomic E-state index is -3.31. The largest absolute Gasteiger partial charge is 0.313 e. The number of nitrogens with one attached hydrogen (secondary N) is 2. The summed E-state index contributed by atoms with van der Waals surface area (Å²) in [5.74, 6) is 0.543. The van der Waals surface area contributed by atoms with Crippen LogP contribution in [0.1, 0.15) is 38.7 Å². The lowest BCUT2D eigenvalue weighted by molar-refractivity contribution is 0.575. The molecule has 2 rings (SSSR count). The highest BCUT2D eigenvalue weighted by Crippen LogP contribution is 2.36. The number of sulfonamides is 1. The van der Waals surface area contributed by atoms with Crippen LogP contribution in [-0.4, -0.2) is 21.0 Å². The normalized spacial score (nSPS) is 22.6. The van der Waals surface area contributed by atoms with E-state index in [0.717, 1.165) is 37.9 Å². The summed E-state index contributed by atoms with van der Waals surface area (Å²) in [5.41, 5.74) is 1.04. The lowest BCUT2D eigenvalue weighted by Gasteiger charge is -2.03. The fourth-order valence-electron chi connectivity index (χ4n) is 2.20. The van der Waals surface area contributed by atoms with E-state index in [1.807, 2.05) is 12.3 Å². The van der Waals surface area contributed by atoms with Crippen molar-refractivity contribution in [3.8, 4) is 0 Å². The zero-order valence-corrected chi connectivity index (χ0v) is 13.1. The molecule has 1 aromatic heterocycles. The van der Waals surface area contributed by atoms with E-state index in [1.54, 1.807) is 6.07 Å². The van der Waals surface area contributed by atoms with Gasteiger partial charge in [0.15, 0.2) is 0 Å². The maximum atomic E-state index is 12.2. The summed E-state index contributed by atoms with van der Waals surface area (Å²) >= 11 is 1.30. The summed E-state index contributed by atoms with van der Waals surface area (Å²) in [6.07, 6.45) is 3.22. The molecule has 1 aliphatic carbocycles. The zero-order valence-electron chi connectivity index (χ0n) is 11.5. The molecular formula is C13H22N2O2S2. The Balaban J connectivity index is 1.94. The van der Waals surface area contributed by atoms with E-state index in [2.05, 4.69) is 17.0 Å². The van der Waals surface area contributed by atoms with E-state index in [1.165, 1.54) is 11.3 Å². The highest BCUT2D eigenvalue weighted by Gasteiger charge is 2.39. The molecular weight excluding hydrogens is 280 g/mol. The molecule has 1 saturated carbocycles. The van der Waals surface area contributed by atoms with Crippen LogP contribution in [-0.2, 0) is 16.6 Å². The van der Waals surface area contributed by atoms with Crippen molar-refractivity contribution in [3.05, 3.63) is 17.0 Å². The standard InChI is InChI=1S/C13H22N2O2S2/c1-3-5-11-7-12(11)15-19(16,17)13-6-10(9-18-13)8-14-4-2/h6,9,11-12,14-15H,3-5,7-8H2,1-2H3. The molecule has 2 N–H and O–H groups in total. The average molecular weight is 302 g/mol. The van der Waals surface area contributed by atoms with E-state index >= 15 is 0 Å². The molecule has 1 aromatic rings. The molecule has 19 heavy (non-hydrogen) atoms. The second-order valence-corrected chi connectivity index (χ2v) is 7.92. The van der Waals surface area contributed by atoms with Gasteiger partial charge in [0, 0.05) is 12.6 Å². The van der Waals surface area contributed by atoms with E-state index in [9.17, 15) is 8.42 Å². The van der Waals surface area contributed by atoms with E-state index in [4.69, 9.17) is 0 Å². The summed E-state index contributed by atoms with van der Waals surface area (Å²) in [4.78, 5) is 0. The summed E-state index contributed by atoms with van der Waals surface area (Å²) < 4.78 is 27.6. The van der Waals surface area contributed by atoms with Gasteiger partial charge < -0.3 is 5.32 Å².